The molecule has 0 bridgehead atoms. The Morgan fingerprint density at radius 2 is 1.25 bits per heavy atom. The Balaban J connectivity index is -0.00000000533. The average Bonchev–Trinajstić information content (AvgIpc) is 0.722. The molecule has 0 spiro atoms. The minimum Gasteiger partial charge on any atom is -1.00 e. The Bertz CT molecular complexity index is 71.5. The van der Waals surface area contributed by atoms with Gasteiger partial charge in [0, 0.05) is 0 Å². The van der Waals surface area contributed by atoms with Crippen LogP contribution in [0.25, 0.3) is 0 Å². The van der Waals surface area contributed by atoms with Crippen molar-refractivity contribution >= 4 is 62.9 Å². The third kappa shape index (κ3) is 76.5. The molecule has 0 aromatic carbocycles. The van der Waals surface area contributed by atoms with Gasteiger partial charge in [0.1, 0.15) is 0 Å². The van der Waals surface area contributed by atoms with Crippen LogP contribution in [0.1, 0.15) is 4.28 Å². The van der Waals surface area contributed by atoms with Gasteiger partial charge in [-0.25, -0.2) is 4.57 Å². The molecule has 8 heteroatoms. The Morgan fingerprint density at radius 1 is 1.25 bits per heavy atom. The summed E-state index contributed by atoms with van der Waals surface area (Å²) in [5, 5.41) is 0. The van der Waals surface area contributed by atoms with Crippen LogP contribution in [0.3, 0.4) is 0 Å². The van der Waals surface area contributed by atoms with Crippen molar-refractivity contribution in [2.45, 2.75) is 0 Å². The number of rotatable bonds is 0. The molecule has 0 fully saturated rings. The van der Waals surface area contributed by atoms with Crippen LogP contribution >= 0.6 is 7.82 Å². The summed E-state index contributed by atoms with van der Waals surface area (Å²) >= 11 is 0. The van der Waals surface area contributed by atoms with Crippen LogP contribution in [-0.4, -0.2) is 69.8 Å². The molecule has 3 N–H and O–H groups in total. The summed E-state index contributed by atoms with van der Waals surface area (Å²) in [7, 11) is -4.64. The van der Waals surface area contributed by atoms with Crippen LogP contribution in [0.2, 0.25) is 0 Å². The van der Waals surface area contributed by atoms with Crippen molar-refractivity contribution in [2.75, 3.05) is 0 Å². The zero-order chi connectivity index (χ0) is 4.50. The zero-order valence-electron chi connectivity index (χ0n) is 6.90. The third-order valence-corrected chi connectivity index (χ3v) is 0. The molecule has 0 aliphatic heterocycles. The molecule has 0 aromatic rings. The Morgan fingerprint density at radius 3 is 1.25 bits per heavy atom. The fourth-order valence-corrected chi connectivity index (χ4v) is 0. The molecule has 0 radical (unpaired) electrons. The van der Waals surface area contributed by atoms with Gasteiger partial charge in [-0.1, -0.05) is 0 Å². The first-order valence-corrected chi connectivity index (χ1v) is 2.35. The van der Waals surface area contributed by atoms with E-state index in [1.54, 1.807) is 0 Å². The largest absolute Gasteiger partial charge is 2.00 e. The Labute approximate surface area is 104 Å². The molecule has 0 rings (SSSR count). The van der Waals surface area contributed by atoms with Crippen LogP contribution in [0.5, 0.6) is 0 Å². The van der Waals surface area contributed by atoms with E-state index in [1.807, 2.05) is 0 Å². The molecular formula is H9AlCaLiO4P. The van der Waals surface area contributed by atoms with E-state index in [4.69, 9.17) is 19.2 Å². The Hall–Kier alpha value is 2.50. The van der Waals surface area contributed by atoms with Gasteiger partial charge < -0.3 is 19.0 Å². The van der Waals surface area contributed by atoms with Crippen molar-refractivity contribution in [3.8, 4) is 0 Å². The van der Waals surface area contributed by atoms with Gasteiger partial charge >= 0.3 is 64.4 Å². The summed E-state index contributed by atoms with van der Waals surface area (Å²) in [4.78, 5) is 21.6. The maximum Gasteiger partial charge on any atom is 2.00 e. The van der Waals surface area contributed by atoms with Crippen LogP contribution in [0.15, 0.2) is 0 Å². The first-order chi connectivity index (χ1) is 2.00. The fraction of sp³-hybridized carbons (Fsp3) is 0. The summed E-state index contributed by atoms with van der Waals surface area (Å²) in [5.41, 5.74) is 0. The summed E-state index contributed by atoms with van der Waals surface area (Å²) in [6.45, 7) is 0. The van der Waals surface area contributed by atoms with Gasteiger partial charge in [-0.3, -0.25) is 0 Å². The van der Waals surface area contributed by atoms with Gasteiger partial charge in [0.2, 0.25) is 0 Å². The predicted octanol–water partition coefficient (Wildman–Crippen LogP) is -5.15. The van der Waals surface area contributed by atoms with Crippen molar-refractivity contribution in [3.05, 3.63) is 0 Å². The number of hydrogen-bond acceptors (Lipinski definition) is 1. The maximum atomic E-state index is 8.88. The minimum absolute atomic E-state index is 0. The SMILES string of the molecule is O=P(O)(O)O.[AlH3].[Ca+2].[H-].[H-].[H-].[Li+]. The first-order valence-electron chi connectivity index (χ1n) is 0.783. The second-order valence-electron chi connectivity index (χ2n) is 0.513. The number of phosphoric acid groups is 1. The average molecular weight is 178 g/mol. The van der Waals surface area contributed by atoms with E-state index in [2.05, 4.69) is 0 Å². The van der Waals surface area contributed by atoms with Gasteiger partial charge in [-0.15, -0.1) is 0 Å². The van der Waals surface area contributed by atoms with Crippen molar-refractivity contribution in [1.29, 1.82) is 0 Å². The van der Waals surface area contributed by atoms with E-state index in [0.717, 1.165) is 0 Å². The van der Waals surface area contributed by atoms with Gasteiger partial charge in [0.25, 0.3) is 0 Å². The molecular weight excluding hydrogens is 169 g/mol. The monoisotopic (exact) mass is 178 g/mol. The molecule has 0 atom stereocenters. The minimum atomic E-state index is -4.64. The molecule has 0 aliphatic rings. The van der Waals surface area contributed by atoms with Crippen LogP contribution in [0, 0.1) is 0 Å². The van der Waals surface area contributed by atoms with Crippen molar-refractivity contribution < 1.29 is 42.4 Å². The number of hydrogen-bond donors (Lipinski definition) is 3. The molecule has 0 unspecified atom stereocenters. The molecule has 4 nitrogen and oxygen atoms in total. The van der Waals surface area contributed by atoms with Gasteiger partial charge in [-0.05, 0) is 0 Å². The molecule has 44 valence electrons. The van der Waals surface area contributed by atoms with Crippen molar-refractivity contribution in [1.82, 2.24) is 0 Å². The van der Waals surface area contributed by atoms with Gasteiger partial charge in [0.15, 0.2) is 17.4 Å². The second kappa shape index (κ2) is 9.50. The molecule has 0 aliphatic carbocycles. The molecule has 0 heterocycles. The zero-order valence-corrected chi connectivity index (χ0v) is 7.01. The van der Waals surface area contributed by atoms with Crippen molar-refractivity contribution in [3.63, 3.8) is 0 Å². The molecule has 0 aromatic heterocycles. The smallest absolute Gasteiger partial charge is 1.00 e. The molecule has 8 heavy (non-hydrogen) atoms. The van der Waals surface area contributed by atoms with Gasteiger partial charge in [-0.2, -0.15) is 0 Å². The summed E-state index contributed by atoms with van der Waals surface area (Å²) in [6, 6.07) is 0. The van der Waals surface area contributed by atoms with E-state index in [0.29, 0.717) is 0 Å². The van der Waals surface area contributed by atoms with E-state index in [-0.39, 0.29) is 78.2 Å². The summed E-state index contributed by atoms with van der Waals surface area (Å²) in [6.07, 6.45) is 0. The van der Waals surface area contributed by atoms with E-state index < -0.39 is 7.82 Å². The normalized spacial score (nSPS) is 7.38. The van der Waals surface area contributed by atoms with Gasteiger partial charge in [0.05, 0.1) is 0 Å². The quantitative estimate of drug-likeness (QED) is 0.256. The van der Waals surface area contributed by atoms with Crippen LogP contribution in [0.4, 0.5) is 0 Å². The standard InChI is InChI=1S/Al.Ca.Li.H3O4P.6H/c;;;1-5(2,3)4;;;;;;/h;;;(H3,1,2,3,4);;;;;;/q;+2;+1;;;;;3*-1. The fourth-order valence-electron chi connectivity index (χ4n) is 0. The van der Waals surface area contributed by atoms with Crippen LogP contribution in [-0.2, 0) is 4.57 Å². The second-order valence-corrected chi connectivity index (χ2v) is 1.54. The van der Waals surface area contributed by atoms with E-state index in [1.165, 1.54) is 0 Å². The molecule has 0 saturated heterocycles. The maximum absolute atomic E-state index is 8.88. The third-order valence-electron chi connectivity index (χ3n) is 0. The van der Waals surface area contributed by atoms with Crippen molar-refractivity contribution in [2.24, 2.45) is 0 Å². The summed E-state index contributed by atoms with van der Waals surface area (Å²) in [5.74, 6) is 0. The van der Waals surface area contributed by atoms with E-state index >= 15 is 0 Å². The Kier molecular flexibility index (Phi) is 26.6. The van der Waals surface area contributed by atoms with Crippen LogP contribution < -0.4 is 18.9 Å². The molecule has 0 saturated carbocycles. The first kappa shape index (κ1) is 22.4. The summed E-state index contributed by atoms with van der Waals surface area (Å²) < 4.78 is 8.88. The topological polar surface area (TPSA) is 77.8 Å². The van der Waals surface area contributed by atoms with E-state index in [9.17, 15) is 0 Å². The predicted molar refractivity (Wildman–Crippen MR) is 33.3 cm³/mol. The molecule has 0 amide bonds.